The summed E-state index contributed by atoms with van der Waals surface area (Å²) in [5, 5.41) is 2.84. The molecule has 1 aromatic rings. The van der Waals surface area contributed by atoms with Crippen molar-refractivity contribution in [3.8, 4) is 0 Å². The van der Waals surface area contributed by atoms with Gasteiger partial charge in [-0.15, -0.1) is 0 Å². The van der Waals surface area contributed by atoms with Crippen molar-refractivity contribution in [1.82, 2.24) is 10.2 Å². The Kier molecular flexibility index (Phi) is 4.27. The molecule has 114 valence electrons. The summed E-state index contributed by atoms with van der Waals surface area (Å²) in [5.74, 6) is 0.643. The highest BCUT2D eigenvalue weighted by molar-refractivity contribution is 5.92. The molecule has 3 rings (SSSR count). The highest BCUT2D eigenvalue weighted by atomic mass is 16.3. The molecule has 2 amide bonds. The van der Waals surface area contributed by atoms with E-state index in [4.69, 9.17) is 4.42 Å². The minimum Gasteiger partial charge on any atom is -0.467 e. The van der Waals surface area contributed by atoms with Crippen molar-refractivity contribution in [3.63, 3.8) is 0 Å². The van der Waals surface area contributed by atoms with E-state index in [1.807, 2.05) is 11.0 Å². The van der Waals surface area contributed by atoms with Crippen LogP contribution in [0.2, 0.25) is 0 Å². The first kappa shape index (κ1) is 14.2. The molecule has 1 saturated carbocycles. The average molecular weight is 290 g/mol. The lowest BCUT2D eigenvalue weighted by atomic mass is 10.2. The molecule has 21 heavy (non-hydrogen) atoms. The average Bonchev–Trinajstić information content (AvgIpc) is 3.21. The van der Waals surface area contributed by atoms with Crippen molar-refractivity contribution in [1.29, 1.82) is 0 Å². The molecule has 2 unspecified atom stereocenters. The maximum atomic E-state index is 12.4. The quantitative estimate of drug-likeness (QED) is 0.921. The van der Waals surface area contributed by atoms with Gasteiger partial charge < -0.3 is 14.6 Å². The highest BCUT2D eigenvalue weighted by Crippen LogP contribution is 2.40. The van der Waals surface area contributed by atoms with Crippen LogP contribution < -0.4 is 5.32 Å². The molecule has 0 aromatic carbocycles. The van der Waals surface area contributed by atoms with E-state index in [-0.39, 0.29) is 23.7 Å². The molecule has 2 heterocycles. The second kappa shape index (κ2) is 6.33. The van der Waals surface area contributed by atoms with Crippen LogP contribution in [0.5, 0.6) is 0 Å². The molecule has 0 bridgehead atoms. The number of carbonyl (C=O) groups excluding carboxylic acids is 2. The molecule has 1 aliphatic heterocycles. The highest BCUT2D eigenvalue weighted by Gasteiger charge is 2.49. The number of hydrogen-bond donors (Lipinski definition) is 1. The molecule has 1 N–H and O–H groups in total. The number of rotatable bonds is 4. The predicted molar refractivity (Wildman–Crippen MR) is 77.2 cm³/mol. The third-order valence-corrected chi connectivity index (χ3v) is 4.38. The van der Waals surface area contributed by atoms with Crippen LogP contribution in [0.3, 0.4) is 0 Å². The zero-order valence-electron chi connectivity index (χ0n) is 12.2. The lowest BCUT2D eigenvalue weighted by Gasteiger charge is -2.20. The molecule has 0 radical (unpaired) electrons. The topological polar surface area (TPSA) is 62.6 Å². The maximum Gasteiger partial charge on any atom is 0.226 e. The Morgan fingerprint density at radius 2 is 1.95 bits per heavy atom. The van der Waals surface area contributed by atoms with Gasteiger partial charge in [0.15, 0.2) is 0 Å². The zero-order chi connectivity index (χ0) is 14.7. The summed E-state index contributed by atoms with van der Waals surface area (Å²) in [6.07, 6.45) is 6.88. The van der Waals surface area contributed by atoms with E-state index in [1.54, 1.807) is 12.3 Å². The monoisotopic (exact) mass is 290 g/mol. The van der Waals surface area contributed by atoms with Gasteiger partial charge in [-0.25, -0.2) is 0 Å². The van der Waals surface area contributed by atoms with Crippen molar-refractivity contribution in [2.24, 2.45) is 11.8 Å². The van der Waals surface area contributed by atoms with E-state index >= 15 is 0 Å². The predicted octanol–water partition coefficient (Wildman–Crippen LogP) is 1.93. The second-order valence-electron chi connectivity index (χ2n) is 5.99. The molecule has 5 heteroatoms. The van der Waals surface area contributed by atoms with Crippen LogP contribution in [-0.4, -0.2) is 29.8 Å². The normalized spacial score (nSPS) is 25.2. The summed E-state index contributed by atoms with van der Waals surface area (Å²) in [6.45, 7) is 2.11. The Balaban J connectivity index is 1.46. The van der Waals surface area contributed by atoms with Crippen molar-refractivity contribution in [2.45, 2.75) is 38.6 Å². The number of likely N-dealkylation sites (tertiary alicyclic amines) is 1. The fourth-order valence-electron chi connectivity index (χ4n) is 3.00. The van der Waals surface area contributed by atoms with Crippen molar-refractivity contribution in [2.75, 3.05) is 13.1 Å². The molecule has 2 aliphatic rings. The van der Waals surface area contributed by atoms with E-state index in [0.29, 0.717) is 13.0 Å². The van der Waals surface area contributed by atoms with Crippen LogP contribution in [0, 0.1) is 11.8 Å². The minimum atomic E-state index is -0.143. The van der Waals surface area contributed by atoms with Gasteiger partial charge in [-0.2, -0.15) is 0 Å². The first-order valence-electron chi connectivity index (χ1n) is 7.84. The summed E-state index contributed by atoms with van der Waals surface area (Å²) < 4.78 is 5.18. The molecule has 5 nitrogen and oxygen atoms in total. The summed E-state index contributed by atoms with van der Waals surface area (Å²) in [6, 6.07) is 3.62. The van der Waals surface area contributed by atoms with Gasteiger partial charge >= 0.3 is 0 Å². The van der Waals surface area contributed by atoms with E-state index in [0.717, 1.165) is 31.7 Å². The number of amides is 2. The smallest absolute Gasteiger partial charge is 0.226 e. The Hall–Kier alpha value is -1.78. The Bertz CT molecular complexity index is 490. The largest absolute Gasteiger partial charge is 0.467 e. The molecule has 2 atom stereocenters. The van der Waals surface area contributed by atoms with Crippen LogP contribution in [0.15, 0.2) is 22.8 Å². The lowest BCUT2D eigenvalue weighted by Crippen LogP contribution is -2.35. The van der Waals surface area contributed by atoms with Gasteiger partial charge in [0, 0.05) is 13.1 Å². The van der Waals surface area contributed by atoms with Gasteiger partial charge in [0.05, 0.1) is 24.6 Å². The van der Waals surface area contributed by atoms with E-state index in [2.05, 4.69) is 5.32 Å². The molecule has 1 aromatic heterocycles. The molecular formula is C16H22N2O3. The van der Waals surface area contributed by atoms with Gasteiger partial charge in [-0.05, 0) is 31.4 Å². The number of hydrogen-bond acceptors (Lipinski definition) is 3. The number of nitrogens with zero attached hydrogens (tertiary/aromatic N) is 1. The summed E-state index contributed by atoms with van der Waals surface area (Å²) >= 11 is 0. The molecule has 1 saturated heterocycles. The van der Waals surface area contributed by atoms with Gasteiger partial charge in [0.2, 0.25) is 11.8 Å². The van der Waals surface area contributed by atoms with Crippen LogP contribution in [0.4, 0.5) is 0 Å². The van der Waals surface area contributed by atoms with E-state index < -0.39 is 0 Å². The van der Waals surface area contributed by atoms with Crippen molar-refractivity contribution >= 4 is 11.8 Å². The number of carbonyl (C=O) groups is 2. The number of furan rings is 1. The number of nitrogens with one attached hydrogen (secondary N) is 1. The van der Waals surface area contributed by atoms with E-state index in [1.165, 1.54) is 12.8 Å². The third kappa shape index (κ3) is 3.46. The molecule has 2 fully saturated rings. The van der Waals surface area contributed by atoms with Gasteiger partial charge in [0.1, 0.15) is 5.76 Å². The van der Waals surface area contributed by atoms with E-state index in [9.17, 15) is 9.59 Å². The summed E-state index contributed by atoms with van der Waals surface area (Å²) in [5.41, 5.74) is 0. The SMILES string of the molecule is O=C(NCc1ccco1)C1CC1C(=O)N1CCCCCC1. The second-order valence-corrected chi connectivity index (χ2v) is 5.99. The van der Waals surface area contributed by atoms with Gasteiger partial charge in [-0.1, -0.05) is 12.8 Å². The van der Waals surface area contributed by atoms with Crippen molar-refractivity contribution < 1.29 is 14.0 Å². The summed E-state index contributed by atoms with van der Waals surface area (Å²) in [4.78, 5) is 26.4. The Labute approximate surface area is 124 Å². The lowest BCUT2D eigenvalue weighted by molar-refractivity contribution is -0.134. The van der Waals surface area contributed by atoms with Crippen molar-refractivity contribution in [3.05, 3.63) is 24.2 Å². The summed E-state index contributed by atoms with van der Waals surface area (Å²) in [7, 11) is 0. The van der Waals surface area contributed by atoms with Crippen LogP contribution in [0.25, 0.3) is 0 Å². The standard InChI is InChI=1S/C16H22N2O3/c19-15(17-11-12-6-5-9-21-12)13-10-14(13)16(20)18-7-3-1-2-4-8-18/h5-6,9,13-14H,1-4,7-8,10-11H2,(H,17,19). The Morgan fingerprint density at radius 1 is 1.19 bits per heavy atom. The first-order valence-corrected chi connectivity index (χ1v) is 7.84. The molecular weight excluding hydrogens is 268 g/mol. The molecule has 1 aliphatic carbocycles. The minimum absolute atomic E-state index is 0.0282. The Morgan fingerprint density at radius 3 is 2.62 bits per heavy atom. The third-order valence-electron chi connectivity index (χ3n) is 4.38. The van der Waals surface area contributed by atoms with Crippen LogP contribution in [-0.2, 0) is 16.1 Å². The first-order chi connectivity index (χ1) is 10.3. The van der Waals surface area contributed by atoms with Gasteiger partial charge in [0.25, 0.3) is 0 Å². The zero-order valence-corrected chi connectivity index (χ0v) is 12.2. The van der Waals surface area contributed by atoms with Crippen LogP contribution in [0.1, 0.15) is 37.9 Å². The van der Waals surface area contributed by atoms with Crippen LogP contribution >= 0.6 is 0 Å². The van der Waals surface area contributed by atoms with Gasteiger partial charge in [-0.3, -0.25) is 9.59 Å². The molecule has 0 spiro atoms. The fourth-order valence-corrected chi connectivity index (χ4v) is 3.00. The maximum absolute atomic E-state index is 12.4. The fraction of sp³-hybridized carbons (Fsp3) is 0.625.